The summed E-state index contributed by atoms with van der Waals surface area (Å²) in [6.45, 7) is 6.48. The number of carbonyl (C=O) groups excluding carboxylic acids is 1. The molecule has 0 aliphatic carbocycles. The van der Waals surface area contributed by atoms with Crippen molar-refractivity contribution in [3.05, 3.63) is 34.6 Å². The highest BCUT2D eigenvalue weighted by atomic mass is 35.5. The van der Waals surface area contributed by atoms with Gasteiger partial charge < -0.3 is 15.5 Å². The smallest absolute Gasteiger partial charge is 0.222 e. The molecule has 1 aromatic rings. The number of halogens is 2. The van der Waals surface area contributed by atoms with E-state index < -0.39 is 5.82 Å². The first-order chi connectivity index (χ1) is 11.5. The van der Waals surface area contributed by atoms with Crippen LogP contribution in [0.4, 0.5) is 4.39 Å². The molecule has 1 saturated heterocycles. The van der Waals surface area contributed by atoms with E-state index in [-0.39, 0.29) is 17.0 Å². The SMILES string of the molecule is CCNC(=NCc1ccc(F)c(Cl)c1)NC1CCN(C(=O)CC)C1. The van der Waals surface area contributed by atoms with Crippen molar-refractivity contribution in [3.8, 4) is 0 Å². The van der Waals surface area contributed by atoms with Gasteiger partial charge in [-0.1, -0.05) is 24.6 Å². The first-order valence-electron chi connectivity index (χ1n) is 8.30. The molecule has 1 heterocycles. The Bertz CT molecular complexity index is 608. The van der Waals surface area contributed by atoms with Crippen LogP contribution in [-0.2, 0) is 11.3 Å². The fraction of sp³-hybridized carbons (Fsp3) is 0.529. The summed E-state index contributed by atoms with van der Waals surface area (Å²) >= 11 is 5.80. The Balaban J connectivity index is 1.96. The molecule has 1 unspecified atom stereocenters. The Hall–Kier alpha value is -1.82. The molecule has 0 radical (unpaired) electrons. The van der Waals surface area contributed by atoms with Gasteiger partial charge in [-0.25, -0.2) is 9.38 Å². The van der Waals surface area contributed by atoms with Crippen LogP contribution in [0.2, 0.25) is 5.02 Å². The van der Waals surface area contributed by atoms with Crippen molar-refractivity contribution in [3.63, 3.8) is 0 Å². The molecule has 0 saturated carbocycles. The number of nitrogens with zero attached hydrogens (tertiary/aromatic N) is 2. The minimum Gasteiger partial charge on any atom is -0.357 e. The summed E-state index contributed by atoms with van der Waals surface area (Å²) in [5.74, 6) is 0.442. The number of nitrogens with one attached hydrogen (secondary N) is 2. The topological polar surface area (TPSA) is 56.7 Å². The molecule has 2 N–H and O–H groups in total. The van der Waals surface area contributed by atoms with Gasteiger partial charge in [-0.15, -0.1) is 0 Å². The number of guanidine groups is 1. The monoisotopic (exact) mass is 354 g/mol. The molecule has 1 aliphatic heterocycles. The van der Waals surface area contributed by atoms with Gasteiger partial charge in [0.2, 0.25) is 5.91 Å². The van der Waals surface area contributed by atoms with Crippen LogP contribution in [0, 0.1) is 5.82 Å². The molecule has 0 spiro atoms. The molecule has 0 aromatic heterocycles. The van der Waals surface area contributed by atoms with Crippen molar-refractivity contribution in [1.82, 2.24) is 15.5 Å². The number of hydrogen-bond donors (Lipinski definition) is 2. The molecule has 1 aliphatic rings. The Kier molecular flexibility index (Phi) is 6.85. The van der Waals surface area contributed by atoms with Gasteiger partial charge in [0, 0.05) is 32.1 Å². The van der Waals surface area contributed by atoms with Crippen LogP contribution in [0.25, 0.3) is 0 Å². The fourth-order valence-corrected chi connectivity index (χ4v) is 2.85. The van der Waals surface area contributed by atoms with Crippen LogP contribution in [0.3, 0.4) is 0 Å². The summed E-state index contributed by atoms with van der Waals surface area (Å²) in [6, 6.07) is 4.79. The number of benzene rings is 1. The average molecular weight is 355 g/mol. The van der Waals surface area contributed by atoms with E-state index in [9.17, 15) is 9.18 Å². The van der Waals surface area contributed by atoms with Crippen LogP contribution in [0.15, 0.2) is 23.2 Å². The molecule has 24 heavy (non-hydrogen) atoms. The van der Waals surface area contributed by atoms with E-state index in [0.29, 0.717) is 25.5 Å². The number of hydrogen-bond acceptors (Lipinski definition) is 2. The van der Waals surface area contributed by atoms with Crippen LogP contribution in [0.1, 0.15) is 32.3 Å². The van der Waals surface area contributed by atoms with Gasteiger partial charge in [0.1, 0.15) is 5.82 Å². The highest BCUT2D eigenvalue weighted by Crippen LogP contribution is 2.16. The summed E-state index contributed by atoms with van der Waals surface area (Å²) in [6.07, 6.45) is 1.44. The van der Waals surface area contributed by atoms with E-state index in [0.717, 1.165) is 25.1 Å². The number of carbonyl (C=O) groups is 1. The summed E-state index contributed by atoms with van der Waals surface area (Å²) in [5, 5.41) is 6.65. The zero-order valence-electron chi connectivity index (χ0n) is 14.1. The molecule has 7 heteroatoms. The highest BCUT2D eigenvalue weighted by molar-refractivity contribution is 6.30. The molecule has 1 aromatic carbocycles. The van der Waals surface area contributed by atoms with E-state index in [1.807, 2.05) is 18.7 Å². The van der Waals surface area contributed by atoms with Gasteiger partial charge in [0.15, 0.2) is 5.96 Å². The van der Waals surface area contributed by atoms with Crippen LogP contribution in [-0.4, -0.2) is 42.4 Å². The summed E-state index contributed by atoms with van der Waals surface area (Å²) < 4.78 is 13.2. The maximum Gasteiger partial charge on any atom is 0.222 e. The van der Waals surface area contributed by atoms with Crippen molar-refractivity contribution in [2.75, 3.05) is 19.6 Å². The molecule has 132 valence electrons. The van der Waals surface area contributed by atoms with Gasteiger partial charge in [0.25, 0.3) is 0 Å². The van der Waals surface area contributed by atoms with Gasteiger partial charge in [-0.3, -0.25) is 4.79 Å². The molecule has 5 nitrogen and oxygen atoms in total. The Morgan fingerprint density at radius 1 is 1.46 bits per heavy atom. The number of likely N-dealkylation sites (tertiary alicyclic amines) is 1. The molecule has 1 amide bonds. The predicted molar refractivity (Wildman–Crippen MR) is 94.6 cm³/mol. The highest BCUT2D eigenvalue weighted by Gasteiger charge is 2.25. The van der Waals surface area contributed by atoms with Crippen molar-refractivity contribution in [2.24, 2.45) is 4.99 Å². The molecule has 1 fully saturated rings. The maximum atomic E-state index is 13.2. The average Bonchev–Trinajstić information content (AvgIpc) is 3.03. The summed E-state index contributed by atoms with van der Waals surface area (Å²) in [5.41, 5.74) is 0.841. The lowest BCUT2D eigenvalue weighted by molar-refractivity contribution is -0.129. The quantitative estimate of drug-likeness (QED) is 0.631. The zero-order valence-corrected chi connectivity index (χ0v) is 14.9. The zero-order chi connectivity index (χ0) is 17.5. The summed E-state index contributed by atoms with van der Waals surface area (Å²) in [7, 11) is 0. The minimum atomic E-state index is -0.430. The van der Waals surface area contributed by atoms with E-state index in [4.69, 9.17) is 11.6 Å². The molecular weight excluding hydrogens is 331 g/mol. The predicted octanol–water partition coefficient (Wildman–Crippen LogP) is 2.55. The summed E-state index contributed by atoms with van der Waals surface area (Å²) in [4.78, 5) is 18.1. The van der Waals surface area contributed by atoms with Crippen LogP contribution < -0.4 is 10.6 Å². The third kappa shape index (κ3) is 5.09. The second-order valence-corrected chi connectivity index (χ2v) is 6.17. The van der Waals surface area contributed by atoms with E-state index in [2.05, 4.69) is 15.6 Å². The lowest BCUT2D eigenvalue weighted by Gasteiger charge is -2.18. The normalized spacial score (nSPS) is 17.9. The Morgan fingerprint density at radius 3 is 2.92 bits per heavy atom. The van der Waals surface area contributed by atoms with Gasteiger partial charge in [-0.2, -0.15) is 0 Å². The van der Waals surface area contributed by atoms with Crippen LogP contribution in [0.5, 0.6) is 0 Å². The maximum absolute atomic E-state index is 13.2. The molecule has 2 rings (SSSR count). The van der Waals surface area contributed by atoms with Crippen molar-refractivity contribution >= 4 is 23.5 Å². The largest absolute Gasteiger partial charge is 0.357 e. The second-order valence-electron chi connectivity index (χ2n) is 5.77. The fourth-order valence-electron chi connectivity index (χ4n) is 2.65. The molecular formula is C17H24ClFN4O. The van der Waals surface area contributed by atoms with E-state index in [1.165, 1.54) is 6.07 Å². The van der Waals surface area contributed by atoms with Crippen molar-refractivity contribution in [1.29, 1.82) is 0 Å². The van der Waals surface area contributed by atoms with Crippen molar-refractivity contribution < 1.29 is 9.18 Å². The third-order valence-electron chi connectivity index (χ3n) is 3.93. The third-order valence-corrected chi connectivity index (χ3v) is 4.22. The lowest BCUT2D eigenvalue weighted by atomic mass is 10.2. The molecule has 1 atom stereocenters. The van der Waals surface area contributed by atoms with Gasteiger partial charge in [-0.05, 0) is 31.0 Å². The van der Waals surface area contributed by atoms with Gasteiger partial charge in [0.05, 0.1) is 11.6 Å². The van der Waals surface area contributed by atoms with Crippen molar-refractivity contribution in [2.45, 2.75) is 39.3 Å². The Labute approximate surface area is 147 Å². The first kappa shape index (κ1) is 18.5. The first-order valence-corrected chi connectivity index (χ1v) is 8.67. The number of rotatable bonds is 5. The van der Waals surface area contributed by atoms with E-state index in [1.54, 1.807) is 12.1 Å². The van der Waals surface area contributed by atoms with Crippen LogP contribution >= 0.6 is 11.6 Å². The second kappa shape index (κ2) is 8.87. The Morgan fingerprint density at radius 2 is 2.25 bits per heavy atom. The number of aliphatic imine (C=N–C) groups is 1. The minimum absolute atomic E-state index is 0.102. The number of amides is 1. The van der Waals surface area contributed by atoms with E-state index >= 15 is 0 Å². The molecule has 0 bridgehead atoms. The standard InChI is InChI=1S/C17H24ClFN4O/c1-3-16(24)23-8-7-13(11-23)22-17(20-4-2)21-10-12-5-6-15(19)14(18)9-12/h5-6,9,13H,3-4,7-8,10-11H2,1-2H3,(H2,20,21,22). The lowest BCUT2D eigenvalue weighted by Crippen LogP contribution is -2.45. The van der Waals surface area contributed by atoms with Gasteiger partial charge >= 0.3 is 0 Å².